The van der Waals surface area contributed by atoms with Crippen molar-refractivity contribution in [3.05, 3.63) is 87.0 Å². The zero-order chi connectivity index (χ0) is 36.2. The number of anilines is 2. The zero-order valence-corrected chi connectivity index (χ0v) is 27.8. The molecule has 0 aliphatic heterocycles. The molecule has 14 nitrogen and oxygen atoms in total. The smallest absolute Gasteiger partial charge is 0.343 e. The lowest BCUT2D eigenvalue weighted by Gasteiger charge is -2.27. The van der Waals surface area contributed by atoms with Gasteiger partial charge in [-0.1, -0.05) is 31.9 Å². The first kappa shape index (κ1) is 39.2. The number of nitrogens with one attached hydrogen (secondary N) is 2. The van der Waals surface area contributed by atoms with E-state index in [2.05, 4.69) is 17.6 Å². The second-order valence-electron chi connectivity index (χ2n) is 10.9. The van der Waals surface area contributed by atoms with E-state index in [1.165, 1.54) is 18.6 Å². The molecule has 0 radical (unpaired) electrons. The van der Waals surface area contributed by atoms with Crippen LogP contribution in [0.25, 0.3) is 0 Å². The van der Waals surface area contributed by atoms with Crippen molar-refractivity contribution >= 4 is 45.3 Å². The number of aromatic carboxylic acids is 2. The summed E-state index contributed by atoms with van der Waals surface area (Å²) in [6.45, 7) is 7.42. The average molecular weight is 689 g/mol. The third kappa shape index (κ3) is 11.3. The van der Waals surface area contributed by atoms with Crippen molar-refractivity contribution in [1.29, 1.82) is 0 Å². The predicted molar refractivity (Wildman–Crippen MR) is 176 cm³/mol. The fourth-order valence-electron chi connectivity index (χ4n) is 5.01. The molecule has 1 aliphatic rings. The van der Waals surface area contributed by atoms with Gasteiger partial charge in [-0.15, -0.1) is 0 Å². The van der Waals surface area contributed by atoms with Crippen LogP contribution in [0.5, 0.6) is 0 Å². The van der Waals surface area contributed by atoms with E-state index in [4.69, 9.17) is 19.2 Å². The van der Waals surface area contributed by atoms with Gasteiger partial charge in [0.25, 0.3) is 10.1 Å². The maximum absolute atomic E-state index is 12.3. The Kier molecular flexibility index (Phi) is 14.5. The van der Waals surface area contributed by atoms with Gasteiger partial charge < -0.3 is 30.4 Å². The van der Waals surface area contributed by atoms with Crippen LogP contribution in [0.3, 0.4) is 0 Å². The first-order valence-electron chi connectivity index (χ1n) is 15.1. The number of benzene rings is 2. The lowest BCUT2D eigenvalue weighted by Crippen LogP contribution is -2.36. The van der Waals surface area contributed by atoms with Crippen molar-refractivity contribution in [2.24, 2.45) is 11.8 Å². The summed E-state index contributed by atoms with van der Waals surface area (Å²) in [6, 6.07) is 12.2. The number of rotatable bonds is 9. The van der Waals surface area contributed by atoms with E-state index in [1.807, 2.05) is 24.3 Å². The number of carbonyl (C=O) groups is 4. The fraction of sp³-hybridized carbons (Fsp3) is 0.364. The van der Waals surface area contributed by atoms with Crippen molar-refractivity contribution in [3.8, 4) is 0 Å². The highest BCUT2D eigenvalue weighted by Gasteiger charge is 2.35. The average Bonchev–Trinajstić information content (AvgIpc) is 3.01. The van der Waals surface area contributed by atoms with Crippen molar-refractivity contribution in [2.75, 3.05) is 17.2 Å². The van der Waals surface area contributed by atoms with Gasteiger partial charge in [-0.05, 0) is 75.9 Å². The van der Waals surface area contributed by atoms with Crippen LogP contribution in [0.15, 0.2) is 62.6 Å². The Morgan fingerprint density at radius 3 is 1.96 bits per heavy atom. The molecule has 0 saturated heterocycles. The number of amides is 1. The third-order valence-corrected chi connectivity index (χ3v) is 8.25. The molecule has 0 bridgehead atoms. The second kappa shape index (κ2) is 17.8. The monoisotopic (exact) mass is 688 g/mol. The number of carboxylic acid groups (broad SMARTS) is 3. The normalized spacial score (nSPS) is 15.4. The zero-order valence-electron chi connectivity index (χ0n) is 27.0. The van der Waals surface area contributed by atoms with E-state index in [0.717, 1.165) is 43.1 Å². The summed E-state index contributed by atoms with van der Waals surface area (Å²) in [5, 5.41) is 32.3. The van der Waals surface area contributed by atoms with E-state index in [9.17, 15) is 37.5 Å². The summed E-state index contributed by atoms with van der Waals surface area (Å²) >= 11 is 0. The lowest BCUT2D eigenvalue weighted by molar-refractivity contribution is -0.147. The molecule has 48 heavy (non-hydrogen) atoms. The quantitative estimate of drug-likeness (QED) is 0.161. The minimum Gasteiger partial charge on any atom is -0.481 e. The molecule has 15 heteroatoms. The molecule has 1 saturated carbocycles. The maximum Gasteiger partial charge on any atom is 0.343 e. The summed E-state index contributed by atoms with van der Waals surface area (Å²) < 4.78 is 35.4. The fourth-order valence-corrected chi connectivity index (χ4v) is 5.52. The molecular weight excluding hydrogens is 648 g/mol. The van der Waals surface area contributed by atoms with Crippen LogP contribution in [-0.4, -0.2) is 58.6 Å². The minimum atomic E-state index is -4.38. The first-order valence-corrected chi connectivity index (χ1v) is 16.5. The molecule has 1 fully saturated rings. The highest BCUT2D eigenvalue weighted by atomic mass is 32.2. The van der Waals surface area contributed by atoms with Gasteiger partial charge in [0.15, 0.2) is 5.43 Å². The van der Waals surface area contributed by atoms with E-state index < -0.39 is 50.2 Å². The van der Waals surface area contributed by atoms with Crippen molar-refractivity contribution < 1.29 is 51.9 Å². The molecule has 260 valence electrons. The van der Waals surface area contributed by atoms with Gasteiger partial charge in [0, 0.05) is 24.0 Å². The summed E-state index contributed by atoms with van der Waals surface area (Å²) in [7, 11) is -4.38. The van der Waals surface area contributed by atoms with Crippen molar-refractivity contribution in [1.82, 2.24) is 0 Å². The summed E-state index contributed by atoms with van der Waals surface area (Å²) in [5.74, 6) is -3.92. The molecule has 3 aromatic rings. The number of carbonyl (C=O) groups excluding carboxylic acids is 1. The van der Waals surface area contributed by atoms with Gasteiger partial charge >= 0.3 is 17.9 Å². The Morgan fingerprint density at radius 2 is 1.48 bits per heavy atom. The van der Waals surface area contributed by atoms with Crippen LogP contribution < -0.4 is 16.1 Å². The summed E-state index contributed by atoms with van der Waals surface area (Å²) in [6.07, 6.45) is 4.04. The van der Waals surface area contributed by atoms with Crippen molar-refractivity contribution in [3.63, 3.8) is 0 Å². The molecule has 4 rings (SSSR count). The minimum absolute atomic E-state index is 0.146. The highest BCUT2D eigenvalue weighted by Crippen LogP contribution is 2.31. The highest BCUT2D eigenvalue weighted by molar-refractivity contribution is 7.85. The molecular formula is C33H40N2O12S. The van der Waals surface area contributed by atoms with Crippen molar-refractivity contribution in [2.45, 2.75) is 64.7 Å². The third-order valence-electron chi connectivity index (χ3n) is 7.40. The van der Waals surface area contributed by atoms with Gasteiger partial charge in [-0.25, -0.2) is 9.59 Å². The molecule has 0 unspecified atom stereocenters. The number of aryl methyl sites for hydroxylation is 3. The predicted octanol–water partition coefficient (Wildman–Crippen LogP) is 5.10. The molecule has 1 amide bonds. The van der Waals surface area contributed by atoms with Gasteiger partial charge in [0.2, 0.25) is 5.91 Å². The molecule has 2 aromatic carbocycles. The van der Waals surface area contributed by atoms with Gasteiger partial charge in [0.1, 0.15) is 17.1 Å². The first-order chi connectivity index (χ1) is 22.5. The van der Waals surface area contributed by atoms with Gasteiger partial charge in [0.05, 0.1) is 22.3 Å². The Morgan fingerprint density at radius 1 is 0.875 bits per heavy atom. The largest absolute Gasteiger partial charge is 0.481 e. The van der Waals surface area contributed by atoms with Gasteiger partial charge in [-0.3, -0.25) is 18.9 Å². The van der Waals surface area contributed by atoms with Crippen LogP contribution >= 0.6 is 0 Å². The van der Waals surface area contributed by atoms with Crippen LogP contribution in [0.4, 0.5) is 11.4 Å². The number of aliphatic carboxylic acids is 1. The lowest BCUT2D eigenvalue weighted by atomic mass is 9.78. The number of carboxylic acids is 3. The van der Waals surface area contributed by atoms with Crippen LogP contribution in [0, 0.1) is 25.7 Å². The standard InChI is InChI=1S/C16H21NO3.C9H11NO5S.C8H8O4/c1-2-11-7-9-12(10-8-11)17-15(18)13-5-3-4-6-14(13)16(19)20;1-2-10-8-4-3-6(16(13,14)15)5-7(8)9(11)12;1-4-3-6(9)7(8(10)11)5(2)12-4/h7-10,13-14H,2-6H2,1H3,(H,17,18)(H,19,20);3-5,10H,2H2,1H3,(H,11,12)(H,13,14,15);3H,1-2H3,(H,10,11)/t13-,14+;;/m0../s1. The Labute approximate surface area is 277 Å². The SMILES string of the molecule is CCNc1ccc(S(=O)(=O)O)cc1C(=O)O.CCc1ccc(NC(=O)[C@H]2CCCC[C@H]2C(=O)O)cc1.Cc1cc(=O)c(C(=O)O)c(C)o1. The van der Waals surface area contributed by atoms with Crippen LogP contribution in [-0.2, 0) is 26.1 Å². The van der Waals surface area contributed by atoms with E-state index in [1.54, 1.807) is 13.8 Å². The van der Waals surface area contributed by atoms with Gasteiger partial charge in [-0.2, -0.15) is 8.42 Å². The van der Waals surface area contributed by atoms with Crippen LogP contribution in [0.2, 0.25) is 0 Å². The number of hydrogen-bond acceptors (Lipinski definition) is 9. The summed E-state index contributed by atoms with van der Waals surface area (Å²) in [4.78, 5) is 55.5. The second-order valence-corrected chi connectivity index (χ2v) is 12.3. The molecule has 6 N–H and O–H groups in total. The molecule has 1 aliphatic carbocycles. The topological polar surface area (TPSA) is 238 Å². The Balaban J connectivity index is 0.000000259. The molecule has 1 aromatic heterocycles. The van der Waals surface area contributed by atoms with E-state index in [0.29, 0.717) is 30.8 Å². The maximum atomic E-state index is 12.3. The Hall–Kier alpha value is -5.02. The Bertz CT molecular complexity index is 1780. The van der Waals surface area contributed by atoms with E-state index >= 15 is 0 Å². The molecule has 2 atom stereocenters. The summed E-state index contributed by atoms with van der Waals surface area (Å²) in [5.41, 5.74) is 1.26. The number of hydrogen-bond donors (Lipinski definition) is 6. The van der Waals surface area contributed by atoms with Crippen LogP contribution in [0.1, 0.15) is 77.3 Å². The molecule has 1 heterocycles. The molecule has 0 spiro atoms. The van der Waals surface area contributed by atoms with E-state index in [-0.39, 0.29) is 22.8 Å².